The molecule has 1 aromatic carbocycles. The van der Waals surface area contributed by atoms with Crippen molar-refractivity contribution in [1.82, 2.24) is 10.5 Å². The first kappa shape index (κ1) is 12.3. The van der Waals surface area contributed by atoms with Crippen LogP contribution in [0.15, 0.2) is 18.2 Å². The van der Waals surface area contributed by atoms with Crippen LogP contribution in [-0.2, 0) is 9.63 Å². The Kier molecular flexibility index (Phi) is 3.40. The molecule has 0 atom stereocenters. The van der Waals surface area contributed by atoms with Crippen LogP contribution in [0.2, 0.25) is 0 Å². The fourth-order valence-electron chi connectivity index (χ4n) is 1.32. The average molecular weight is 266 g/mol. The minimum atomic E-state index is -0.666. The molecular formula is C10H10N4O3S. The summed E-state index contributed by atoms with van der Waals surface area (Å²) in [5, 5.41) is 0.438. The second-order valence-electron chi connectivity index (χ2n) is 3.42. The number of hydrogen-bond acceptors (Lipinski definition) is 6. The number of nitrogens with one attached hydrogen (secondary N) is 1. The van der Waals surface area contributed by atoms with Crippen molar-refractivity contribution in [3.8, 4) is 0 Å². The Labute approximate surface area is 106 Å². The number of hydrogen-bond donors (Lipinski definition) is 3. The summed E-state index contributed by atoms with van der Waals surface area (Å²) >= 11 is 1.28. The van der Waals surface area contributed by atoms with Crippen molar-refractivity contribution in [3.63, 3.8) is 0 Å². The van der Waals surface area contributed by atoms with Crippen LogP contribution in [0.25, 0.3) is 10.2 Å². The first-order chi connectivity index (χ1) is 8.56. The van der Waals surface area contributed by atoms with Crippen molar-refractivity contribution < 1.29 is 14.4 Å². The van der Waals surface area contributed by atoms with Gasteiger partial charge in [-0.1, -0.05) is 11.3 Å². The Balaban J connectivity index is 2.10. The number of benzene rings is 1. The summed E-state index contributed by atoms with van der Waals surface area (Å²) in [5.74, 6) is -1.13. The van der Waals surface area contributed by atoms with Crippen LogP contribution < -0.4 is 16.9 Å². The van der Waals surface area contributed by atoms with Crippen molar-refractivity contribution in [1.29, 1.82) is 0 Å². The lowest BCUT2D eigenvalue weighted by atomic mass is 10.2. The Morgan fingerprint density at radius 2 is 2.22 bits per heavy atom. The molecular weight excluding hydrogens is 256 g/mol. The molecule has 94 valence electrons. The molecule has 7 nitrogen and oxygen atoms in total. The number of anilines is 1. The van der Waals surface area contributed by atoms with E-state index in [9.17, 15) is 9.59 Å². The summed E-state index contributed by atoms with van der Waals surface area (Å²) in [7, 11) is 0. The number of nitrogens with zero attached hydrogens (tertiary/aromatic N) is 1. The van der Waals surface area contributed by atoms with Crippen LogP contribution >= 0.6 is 11.3 Å². The van der Waals surface area contributed by atoms with E-state index in [1.165, 1.54) is 11.3 Å². The molecule has 0 aliphatic carbocycles. The zero-order valence-electron chi connectivity index (χ0n) is 9.17. The van der Waals surface area contributed by atoms with Gasteiger partial charge in [-0.2, -0.15) is 0 Å². The highest BCUT2D eigenvalue weighted by Gasteiger charge is 2.09. The highest BCUT2D eigenvalue weighted by atomic mass is 32.1. The maximum absolute atomic E-state index is 11.6. The van der Waals surface area contributed by atoms with Gasteiger partial charge < -0.3 is 11.5 Å². The number of thiazole rings is 1. The number of nitrogen functional groups attached to an aromatic ring is 1. The second kappa shape index (κ2) is 4.98. The largest absolute Gasteiger partial charge is 0.375 e. The smallest absolute Gasteiger partial charge is 0.274 e. The topological polar surface area (TPSA) is 120 Å². The van der Waals surface area contributed by atoms with Crippen LogP contribution in [0.3, 0.4) is 0 Å². The monoisotopic (exact) mass is 266 g/mol. The van der Waals surface area contributed by atoms with Gasteiger partial charge in [-0.15, -0.1) is 0 Å². The standard InChI is InChI=1S/C10H10N4O3S/c11-8(15)4-17-14-9(16)5-1-2-6-7(3-5)18-10(12)13-6/h1-3H,4H2,(H2,11,15)(H2,12,13)(H,14,16). The number of carbonyl (C=O) groups is 2. The number of rotatable bonds is 4. The molecule has 0 fully saturated rings. The van der Waals surface area contributed by atoms with Gasteiger partial charge in [-0.25, -0.2) is 10.5 Å². The number of hydroxylamine groups is 1. The molecule has 18 heavy (non-hydrogen) atoms. The van der Waals surface area contributed by atoms with Gasteiger partial charge in [0.05, 0.1) is 10.2 Å². The highest BCUT2D eigenvalue weighted by molar-refractivity contribution is 7.22. The first-order valence-electron chi connectivity index (χ1n) is 4.93. The van der Waals surface area contributed by atoms with Gasteiger partial charge >= 0.3 is 0 Å². The predicted molar refractivity (Wildman–Crippen MR) is 66.6 cm³/mol. The fraction of sp³-hybridized carbons (Fsp3) is 0.100. The third-order valence-electron chi connectivity index (χ3n) is 2.05. The van der Waals surface area contributed by atoms with Gasteiger partial charge in [-0.3, -0.25) is 14.4 Å². The Morgan fingerprint density at radius 3 is 2.94 bits per heavy atom. The zero-order valence-corrected chi connectivity index (χ0v) is 9.99. The summed E-state index contributed by atoms with van der Waals surface area (Å²) < 4.78 is 0.801. The fourth-order valence-corrected chi connectivity index (χ4v) is 2.09. The van der Waals surface area contributed by atoms with Crippen LogP contribution in [0.5, 0.6) is 0 Å². The van der Waals surface area contributed by atoms with E-state index in [1.54, 1.807) is 18.2 Å². The first-order valence-corrected chi connectivity index (χ1v) is 5.74. The molecule has 0 unspecified atom stereocenters. The van der Waals surface area contributed by atoms with Gasteiger partial charge in [0.15, 0.2) is 11.7 Å². The van der Waals surface area contributed by atoms with E-state index in [1.807, 2.05) is 0 Å². The molecule has 1 heterocycles. The Morgan fingerprint density at radius 1 is 1.44 bits per heavy atom. The van der Waals surface area contributed by atoms with Gasteiger partial charge in [0.1, 0.15) is 0 Å². The van der Waals surface area contributed by atoms with Crippen molar-refractivity contribution >= 4 is 38.5 Å². The molecule has 2 aromatic rings. The third-order valence-corrected chi connectivity index (χ3v) is 2.89. The molecule has 0 saturated carbocycles. The summed E-state index contributed by atoms with van der Waals surface area (Å²) in [5.41, 5.74) is 13.6. The minimum absolute atomic E-state index is 0.374. The van der Waals surface area contributed by atoms with Crippen molar-refractivity contribution in [2.45, 2.75) is 0 Å². The van der Waals surface area contributed by atoms with Gasteiger partial charge in [-0.05, 0) is 18.2 Å². The summed E-state index contributed by atoms with van der Waals surface area (Å²) in [6.07, 6.45) is 0. The van der Waals surface area contributed by atoms with Crippen LogP contribution in [0.1, 0.15) is 10.4 Å². The normalized spacial score (nSPS) is 10.4. The quantitative estimate of drug-likeness (QED) is 0.674. The van der Waals surface area contributed by atoms with E-state index in [-0.39, 0.29) is 6.61 Å². The predicted octanol–water partition coefficient (Wildman–Crippen LogP) is 0.0252. The van der Waals surface area contributed by atoms with E-state index >= 15 is 0 Å². The molecule has 0 radical (unpaired) electrons. The number of carbonyl (C=O) groups excluding carboxylic acids is 2. The lowest BCUT2D eigenvalue weighted by Gasteiger charge is -2.03. The summed E-state index contributed by atoms with van der Waals surface area (Å²) in [6, 6.07) is 4.92. The van der Waals surface area contributed by atoms with Crippen molar-refractivity contribution in [3.05, 3.63) is 23.8 Å². The number of aromatic nitrogens is 1. The van der Waals surface area contributed by atoms with E-state index in [4.69, 9.17) is 11.5 Å². The Bertz CT molecular complexity index is 610. The van der Waals surface area contributed by atoms with E-state index in [2.05, 4.69) is 15.3 Å². The molecule has 0 aliphatic heterocycles. The molecule has 2 amide bonds. The van der Waals surface area contributed by atoms with Gasteiger partial charge in [0.2, 0.25) is 5.91 Å². The van der Waals surface area contributed by atoms with E-state index < -0.39 is 11.8 Å². The van der Waals surface area contributed by atoms with E-state index in [0.717, 1.165) is 10.2 Å². The number of fused-ring (bicyclic) bond motifs is 1. The lowest BCUT2D eigenvalue weighted by molar-refractivity contribution is -0.124. The van der Waals surface area contributed by atoms with Gasteiger partial charge in [0.25, 0.3) is 5.91 Å². The third kappa shape index (κ3) is 2.73. The molecule has 0 aliphatic rings. The highest BCUT2D eigenvalue weighted by Crippen LogP contribution is 2.24. The maximum atomic E-state index is 11.6. The van der Waals surface area contributed by atoms with Gasteiger partial charge in [0, 0.05) is 5.56 Å². The summed E-state index contributed by atoms with van der Waals surface area (Å²) in [6.45, 7) is -0.374. The molecule has 8 heteroatoms. The van der Waals surface area contributed by atoms with Crippen LogP contribution in [0.4, 0.5) is 5.13 Å². The average Bonchev–Trinajstić information content (AvgIpc) is 2.67. The van der Waals surface area contributed by atoms with Crippen LogP contribution in [-0.4, -0.2) is 23.4 Å². The van der Waals surface area contributed by atoms with Crippen LogP contribution in [0, 0.1) is 0 Å². The number of primary amides is 1. The molecule has 2 rings (SSSR count). The number of nitrogens with two attached hydrogens (primary N) is 2. The van der Waals surface area contributed by atoms with E-state index in [0.29, 0.717) is 10.7 Å². The van der Waals surface area contributed by atoms with Crippen molar-refractivity contribution in [2.75, 3.05) is 12.3 Å². The second-order valence-corrected chi connectivity index (χ2v) is 4.48. The SMILES string of the molecule is NC(=O)CONC(=O)c1ccc2nc(N)sc2c1. The zero-order chi connectivity index (χ0) is 13.1. The van der Waals surface area contributed by atoms with Crippen molar-refractivity contribution in [2.24, 2.45) is 5.73 Å². The molecule has 5 N–H and O–H groups in total. The molecule has 0 bridgehead atoms. The minimum Gasteiger partial charge on any atom is -0.375 e. The molecule has 0 spiro atoms. The Hall–Kier alpha value is -2.19. The lowest BCUT2D eigenvalue weighted by Crippen LogP contribution is -2.29. The molecule has 0 saturated heterocycles. The molecule has 1 aromatic heterocycles. The summed E-state index contributed by atoms with van der Waals surface area (Å²) in [4.78, 5) is 30.8. The number of amides is 2. The maximum Gasteiger partial charge on any atom is 0.274 e.